The Morgan fingerprint density at radius 3 is 3.04 bits per heavy atom. The number of hydrogen-bond acceptors (Lipinski definition) is 5. The number of amides is 1. The molecule has 3 atom stereocenters. The minimum absolute atomic E-state index is 0.0378. The molecule has 0 aromatic carbocycles. The second-order valence-corrected chi connectivity index (χ2v) is 6.68. The summed E-state index contributed by atoms with van der Waals surface area (Å²) in [5.41, 5.74) is 0.647. The summed E-state index contributed by atoms with van der Waals surface area (Å²) < 4.78 is 17.0. The van der Waals surface area contributed by atoms with Crippen LogP contribution in [0.5, 0.6) is 5.88 Å². The lowest BCUT2D eigenvalue weighted by atomic mass is 10.1. The Morgan fingerprint density at radius 2 is 2.28 bits per heavy atom. The highest BCUT2D eigenvalue weighted by Crippen LogP contribution is 2.35. The van der Waals surface area contributed by atoms with Crippen molar-refractivity contribution in [2.24, 2.45) is 5.92 Å². The molecule has 3 heterocycles. The maximum Gasteiger partial charge on any atom is 0.257 e. The van der Waals surface area contributed by atoms with E-state index in [2.05, 4.69) is 4.98 Å². The molecule has 0 N–H and O–H groups in total. The molecular weight excluding hydrogens is 320 g/mol. The first-order chi connectivity index (χ1) is 12.2. The van der Waals surface area contributed by atoms with Gasteiger partial charge in [-0.2, -0.15) is 0 Å². The molecular formula is C19H22N2O4. The fourth-order valence-corrected chi connectivity index (χ4v) is 3.84. The molecule has 2 aromatic rings. The molecule has 1 amide bonds. The molecule has 6 heteroatoms. The molecule has 1 saturated carbocycles. The standard InChI is InChI=1S/C19H22N2O4/c1-13-15(5-8-23-13)19(22)21-7-9-24-17-11-14(10-16(17)21)12-25-18-4-2-3-6-20-18/h2-6,8,14,16-17H,7,9-12H2,1H3/t14-,16-,17+/m0/s1. The van der Waals surface area contributed by atoms with Crippen molar-refractivity contribution in [2.75, 3.05) is 19.8 Å². The average molecular weight is 342 g/mol. The van der Waals surface area contributed by atoms with Crippen LogP contribution in [0.25, 0.3) is 0 Å². The number of fused-ring (bicyclic) bond motifs is 1. The zero-order chi connectivity index (χ0) is 17.2. The van der Waals surface area contributed by atoms with E-state index in [9.17, 15) is 4.79 Å². The predicted molar refractivity (Wildman–Crippen MR) is 90.5 cm³/mol. The molecule has 25 heavy (non-hydrogen) atoms. The van der Waals surface area contributed by atoms with E-state index in [4.69, 9.17) is 13.9 Å². The van der Waals surface area contributed by atoms with Gasteiger partial charge in [0.1, 0.15) is 5.76 Å². The Bertz CT molecular complexity index is 730. The highest BCUT2D eigenvalue weighted by atomic mass is 16.5. The fraction of sp³-hybridized carbons (Fsp3) is 0.474. The van der Waals surface area contributed by atoms with Crippen molar-refractivity contribution in [2.45, 2.75) is 31.9 Å². The first-order valence-electron chi connectivity index (χ1n) is 8.73. The van der Waals surface area contributed by atoms with Gasteiger partial charge in [0, 0.05) is 18.8 Å². The summed E-state index contributed by atoms with van der Waals surface area (Å²) >= 11 is 0. The molecule has 2 aromatic heterocycles. The number of rotatable bonds is 4. The largest absolute Gasteiger partial charge is 0.477 e. The number of furan rings is 1. The topological polar surface area (TPSA) is 64.8 Å². The number of nitrogens with zero attached hydrogens (tertiary/aromatic N) is 2. The molecule has 132 valence electrons. The molecule has 0 spiro atoms. The summed E-state index contributed by atoms with van der Waals surface area (Å²) in [4.78, 5) is 19.0. The minimum atomic E-state index is 0.0378. The van der Waals surface area contributed by atoms with Crippen molar-refractivity contribution in [3.63, 3.8) is 0 Å². The number of aryl methyl sites for hydroxylation is 1. The Kier molecular flexibility index (Phi) is 4.44. The van der Waals surface area contributed by atoms with Gasteiger partial charge >= 0.3 is 0 Å². The van der Waals surface area contributed by atoms with E-state index >= 15 is 0 Å². The molecule has 4 rings (SSSR count). The number of morpholine rings is 1. The van der Waals surface area contributed by atoms with Crippen LogP contribution >= 0.6 is 0 Å². The third-order valence-electron chi connectivity index (χ3n) is 5.09. The SMILES string of the molecule is Cc1occc1C(=O)N1CCO[C@@H]2C[C@@H](COc3ccccn3)C[C@@H]21. The lowest BCUT2D eigenvalue weighted by Crippen LogP contribution is -2.51. The second-order valence-electron chi connectivity index (χ2n) is 6.68. The number of pyridine rings is 1. The normalized spacial score (nSPS) is 25.6. The molecule has 0 radical (unpaired) electrons. The van der Waals surface area contributed by atoms with Gasteiger partial charge in [-0.3, -0.25) is 4.79 Å². The van der Waals surface area contributed by atoms with Gasteiger partial charge in [0.25, 0.3) is 5.91 Å². The van der Waals surface area contributed by atoms with Crippen LogP contribution in [-0.2, 0) is 4.74 Å². The minimum Gasteiger partial charge on any atom is -0.477 e. The summed E-state index contributed by atoms with van der Waals surface area (Å²) in [7, 11) is 0. The lowest BCUT2D eigenvalue weighted by Gasteiger charge is -2.37. The summed E-state index contributed by atoms with van der Waals surface area (Å²) in [5.74, 6) is 1.70. The van der Waals surface area contributed by atoms with Gasteiger partial charge in [0.15, 0.2) is 0 Å². The predicted octanol–water partition coefficient (Wildman–Crippen LogP) is 2.68. The monoisotopic (exact) mass is 342 g/mol. The average Bonchev–Trinajstić information content (AvgIpc) is 3.25. The van der Waals surface area contributed by atoms with Gasteiger partial charge in [-0.05, 0) is 37.8 Å². The van der Waals surface area contributed by atoms with Gasteiger partial charge in [-0.1, -0.05) is 6.07 Å². The van der Waals surface area contributed by atoms with Crippen molar-refractivity contribution < 1.29 is 18.7 Å². The van der Waals surface area contributed by atoms with Crippen molar-refractivity contribution in [1.29, 1.82) is 0 Å². The first-order valence-corrected chi connectivity index (χ1v) is 8.73. The summed E-state index contributed by atoms with van der Waals surface area (Å²) in [6, 6.07) is 7.49. The lowest BCUT2D eigenvalue weighted by molar-refractivity contribution is -0.0449. The molecule has 1 saturated heterocycles. The number of carbonyl (C=O) groups excluding carboxylic acids is 1. The zero-order valence-corrected chi connectivity index (χ0v) is 14.3. The van der Waals surface area contributed by atoms with E-state index in [-0.39, 0.29) is 18.1 Å². The van der Waals surface area contributed by atoms with E-state index in [0.717, 1.165) is 12.8 Å². The van der Waals surface area contributed by atoms with E-state index in [1.165, 1.54) is 0 Å². The Labute approximate surface area is 146 Å². The molecule has 0 bridgehead atoms. The third-order valence-corrected chi connectivity index (χ3v) is 5.09. The van der Waals surface area contributed by atoms with Crippen LogP contribution in [0.3, 0.4) is 0 Å². The molecule has 0 unspecified atom stereocenters. The maximum atomic E-state index is 12.9. The van der Waals surface area contributed by atoms with Gasteiger partial charge in [0.05, 0.1) is 37.2 Å². The van der Waals surface area contributed by atoms with Crippen LogP contribution in [0.15, 0.2) is 41.1 Å². The highest BCUT2D eigenvalue weighted by Gasteiger charge is 2.43. The summed E-state index contributed by atoms with van der Waals surface area (Å²) in [6.07, 6.45) is 5.17. The number of hydrogen-bond donors (Lipinski definition) is 0. The Hall–Kier alpha value is -2.34. The van der Waals surface area contributed by atoms with E-state index in [1.807, 2.05) is 30.0 Å². The summed E-state index contributed by atoms with van der Waals surface area (Å²) in [6.45, 7) is 3.62. The third kappa shape index (κ3) is 3.26. The fourth-order valence-electron chi connectivity index (χ4n) is 3.84. The first kappa shape index (κ1) is 16.1. The van der Waals surface area contributed by atoms with E-state index in [1.54, 1.807) is 18.5 Å². The van der Waals surface area contributed by atoms with Gasteiger partial charge in [-0.15, -0.1) is 0 Å². The van der Waals surface area contributed by atoms with Crippen LogP contribution in [0.2, 0.25) is 0 Å². The van der Waals surface area contributed by atoms with Gasteiger partial charge in [0.2, 0.25) is 5.88 Å². The van der Waals surface area contributed by atoms with Crippen molar-refractivity contribution in [1.82, 2.24) is 9.88 Å². The van der Waals surface area contributed by atoms with Crippen molar-refractivity contribution in [3.8, 4) is 5.88 Å². The van der Waals surface area contributed by atoms with Gasteiger partial charge in [-0.25, -0.2) is 4.98 Å². The molecule has 6 nitrogen and oxygen atoms in total. The molecule has 2 fully saturated rings. The molecule has 1 aliphatic heterocycles. The smallest absolute Gasteiger partial charge is 0.257 e. The number of carbonyl (C=O) groups is 1. The molecule has 2 aliphatic rings. The van der Waals surface area contributed by atoms with Crippen LogP contribution < -0.4 is 4.74 Å². The molecule has 1 aliphatic carbocycles. The summed E-state index contributed by atoms with van der Waals surface area (Å²) in [5, 5.41) is 0. The van der Waals surface area contributed by atoms with Crippen LogP contribution in [0.4, 0.5) is 0 Å². The highest BCUT2D eigenvalue weighted by molar-refractivity contribution is 5.95. The quantitative estimate of drug-likeness (QED) is 0.855. The van der Waals surface area contributed by atoms with Crippen LogP contribution in [0, 0.1) is 12.8 Å². The number of ether oxygens (including phenoxy) is 2. The van der Waals surface area contributed by atoms with E-state index in [0.29, 0.717) is 42.9 Å². The van der Waals surface area contributed by atoms with Crippen molar-refractivity contribution >= 4 is 5.91 Å². The van der Waals surface area contributed by atoms with Gasteiger partial charge < -0.3 is 18.8 Å². The zero-order valence-electron chi connectivity index (χ0n) is 14.3. The Morgan fingerprint density at radius 1 is 1.36 bits per heavy atom. The number of aromatic nitrogens is 1. The second kappa shape index (κ2) is 6.88. The van der Waals surface area contributed by atoms with E-state index < -0.39 is 0 Å². The Balaban J connectivity index is 1.42. The van der Waals surface area contributed by atoms with Crippen LogP contribution in [-0.4, -0.2) is 47.7 Å². The van der Waals surface area contributed by atoms with Crippen molar-refractivity contribution in [3.05, 3.63) is 48.0 Å². The maximum absolute atomic E-state index is 12.9. The van der Waals surface area contributed by atoms with Crippen LogP contribution in [0.1, 0.15) is 29.0 Å².